The SMILES string of the molecule is CNC(C)c1cc(F)c(C)cc1N(C)CC1CCOCC1. The number of nitrogens with zero attached hydrogens (tertiary/aromatic N) is 1. The summed E-state index contributed by atoms with van der Waals surface area (Å²) in [5.41, 5.74) is 2.85. The third-order valence-electron chi connectivity index (χ3n) is 4.49. The molecule has 0 aliphatic carbocycles. The Morgan fingerprint density at radius 3 is 2.67 bits per heavy atom. The van der Waals surface area contributed by atoms with Crippen LogP contribution in [-0.4, -0.2) is 33.9 Å². The van der Waals surface area contributed by atoms with E-state index in [0.717, 1.165) is 43.9 Å². The minimum Gasteiger partial charge on any atom is -0.381 e. The van der Waals surface area contributed by atoms with Gasteiger partial charge >= 0.3 is 0 Å². The molecule has 1 saturated heterocycles. The van der Waals surface area contributed by atoms with Crippen LogP contribution in [0.1, 0.15) is 36.9 Å². The Hall–Kier alpha value is -1.13. The van der Waals surface area contributed by atoms with Crippen molar-refractivity contribution in [3.63, 3.8) is 0 Å². The highest BCUT2D eigenvalue weighted by Crippen LogP contribution is 2.30. The van der Waals surface area contributed by atoms with Gasteiger partial charge in [0.05, 0.1) is 0 Å². The third-order valence-corrected chi connectivity index (χ3v) is 4.49. The zero-order valence-corrected chi connectivity index (χ0v) is 13.6. The molecule has 0 bridgehead atoms. The van der Waals surface area contributed by atoms with Gasteiger partial charge in [0.2, 0.25) is 0 Å². The van der Waals surface area contributed by atoms with Crippen molar-refractivity contribution in [2.24, 2.45) is 5.92 Å². The monoisotopic (exact) mass is 294 g/mol. The van der Waals surface area contributed by atoms with Crippen LogP contribution in [0.25, 0.3) is 0 Å². The van der Waals surface area contributed by atoms with E-state index in [9.17, 15) is 4.39 Å². The van der Waals surface area contributed by atoms with Gasteiger partial charge in [-0.3, -0.25) is 0 Å². The molecule has 0 spiro atoms. The third kappa shape index (κ3) is 3.95. The van der Waals surface area contributed by atoms with E-state index in [1.165, 1.54) is 0 Å². The number of ether oxygens (including phenoxy) is 1. The van der Waals surface area contributed by atoms with Gasteiger partial charge in [-0.25, -0.2) is 4.39 Å². The average molecular weight is 294 g/mol. The van der Waals surface area contributed by atoms with Crippen LogP contribution >= 0.6 is 0 Å². The van der Waals surface area contributed by atoms with Crippen molar-refractivity contribution in [2.75, 3.05) is 38.8 Å². The molecule has 0 aromatic heterocycles. The Balaban J connectivity index is 2.21. The number of nitrogens with one attached hydrogen (secondary N) is 1. The van der Waals surface area contributed by atoms with Crippen LogP contribution in [0.4, 0.5) is 10.1 Å². The highest BCUT2D eigenvalue weighted by atomic mass is 19.1. The van der Waals surface area contributed by atoms with E-state index < -0.39 is 0 Å². The van der Waals surface area contributed by atoms with E-state index in [2.05, 4.69) is 24.2 Å². The van der Waals surface area contributed by atoms with Crippen LogP contribution in [0.15, 0.2) is 12.1 Å². The molecular formula is C17H27FN2O. The molecule has 0 saturated carbocycles. The molecule has 0 amide bonds. The molecule has 1 aliphatic heterocycles. The van der Waals surface area contributed by atoms with Crippen molar-refractivity contribution in [2.45, 2.75) is 32.7 Å². The van der Waals surface area contributed by atoms with Crippen LogP contribution < -0.4 is 10.2 Å². The van der Waals surface area contributed by atoms with Crippen LogP contribution in [0.3, 0.4) is 0 Å². The number of benzene rings is 1. The van der Waals surface area contributed by atoms with Gasteiger partial charge in [-0.2, -0.15) is 0 Å². The Morgan fingerprint density at radius 1 is 1.38 bits per heavy atom. The Kier molecular flexibility index (Phi) is 5.59. The van der Waals surface area contributed by atoms with Gasteiger partial charge in [-0.15, -0.1) is 0 Å². The number of anilines is 1. The molecular weight excluding hydrogens is 267 g/mol. The first-order chi connectivity index (χ1) is 10.0. The minimum absolute atomic E-state index is 0.129. The number of rotatable bonds is 5. The van der Waals surface area contributed by atoms with Gasteiger partial charge < -0.3 is 15.0 Å². The molecule has 1 aromatic rings. The highest BCUT2D eigenvalue weighted by molar-refractivity contribution is 5.56. The molecule has 21 heavy (non-hydrogen) atoms. The quantitative estimate of drug-likeness (QED) is 0.902. The Labute approximate surface area is 127 Å². The maximum Gasteiger partial charge on any atom is 0.126 e. The van der Waals surface area contributed by atoms with Gasteiger partial charge in [-0.1, -0.05) is 0 Å². The Bertz CT molecular complexity index is 472. The smallest absolute Gasteiger partial charge is 0.126 e. The summed E-state index contributed by atoms with van der Waals surface area (Å²) in [6, 6.07) is 3.77. The van der Waals surface area contributed by atoms with E-state index in [1.807, 2.05) is 20.0 Å². The summed E-state index contributed by atoms with van der Waals surface area (Å²) in [5.74, 6) is 0.530. The second-order valence-electron chi connectivity index (χ2n) is 6.11. The van der Waals surface area contributed by atoms with Gasteiger partial charge in [0.15, 0.2) is 0 Å². The molecule has 118 valence electrons. The van der Waals surface area contributed by atoms with Gasteiger partial charge in [0.25, 0.3) is 0 Å². The normalized spacial score (nSPS) is 17.8. The molecule has 1 N–H and O–H groups in total. The van der Waals surface area contributed by atoms with Gasteiger partial charge in [0, 0.05) is 38.5 Å². The van der Waals surface area contributed by atoms with Gasteiger partial charge in [0.1, 0.15) is 5.82 Å². The maximum atomic E-state index is 13.9. The predicted octanol–water partition coefficient (Wildman–Crippen LogP) is 3.28. The number of hydrogen-bond donors (Lipinski definition) is 1. The first-order valence-corrected chi connectivity index (χ1v) is 7.79. The zero-order valence-electron chi connectivity index (χ0n) is 13.6. The first-order valence-electron chi connectivity index (χ1n) is 7.79. The number of aryl methyl sites for hydroxylation is 1. The van der Waals surface area contributed by atoms with Crippen molar-refractivity contribution in [1.82, 2.24) is 5.32 Å². The van der Waals surface area contributed by atoms with E-state index in [-0.39, 0.29) is 11.9 Å². The van der Waals surface area contributed by atoms with E-state index in [1.54, 1.807) is 6.07 Å². The molecule has 1 atom stereocenters. The standard InChI is InChI=1S/C17H27FN2O/c1-12-9-17(15(10-16(12)18)13(2)19-3)20(4)11-14-5-7-21-8-6-14/h9-10,13-14,19H,5-8,11H2,1-4H3. The zero-order chi connectivity index (χ0) is 15.4. The second kappa shape index (κ2) is 7.23. The van der Waals surface area contributed by atoms with Crippen molar-refractivity contribution in [1.29, 1.82) is 0 Å². The maximum absolute atomic E-state index is 13.9. The molecule has 1 unspecified atom stereocenters. The Morgan fingerprint density at radius 2 is 2.05 bits per heavy atom. The van der Waals surface area contributed by atoms with Crippen molar-refractivity contribution >= 4 is 5.69 Å². The molecule has 0 radical (unpaired) electrons. The molecule has 1 fully saturated rings. The van der Waals surface area contributed by atoms with Crippen molar-refractivity contribution in [3.8, 4) is 0 Å². The summed E-state index contributed by atoms with van der Waals surface area (Å²) in [4.78, 5) is 2.27. The van der Waals surface area contributed by atoms with Crippen molar-refractivity contribution in [3.05, 3.63) is 29.1 Å². The molecule has 2 rings (SSSR count). The fourth-order valence-corrected chi connectivity index (χ4v) is 2.93. The first kappa shape index (κ1) is 16.2. The summed E-state index contributed by atoms with van der Waals surface area (Å²) >= 11 is 0. The number of halogens is 1. The molecule has 1 aromatic carbocycles. The summed E-state index contributed by atoms with van der Waals surface area (Å²) in [6.07, 6.45) is 2.23. The lowest BCUT2D eigenvalue weighted by Gasteiger charge is -2.31. The molecule has 4 heteroatoms. The van der Waals surface area contributed by atoms with Gasteiger partial charge in [-0.05, 0) is 62.9 Å². The summed E-state index contributed by atoms with van der Waals surface area (Å²) in [6.45, 7) is 6.62. The van der Waals surface area contributed by atoms with Crippen LogP contribution in [0.2, 0.25) is 0 Å². The molecule has 1 aliphatic rings. The van der Waals surface area contributed by atoms with Crippen LogP contribution in [-0.2, 0) is 4.74 Å². The topological polar surface area (TPSA) is 24.5 Å². The van der Waals surface area contributed by atoms with E-state index in [4.69, 9.17) is 4.74 Å². The predicted molar refractivity (Wildman–Crippen MR) is 85.4 cm³/mol. The number of hydrogen-bond acceptors (Lipinski definition) is 3. The minimum atomic E-state index is -0.129. The summed E-state index contributed by atoms with van der Waals surface area (Å²) in [7, 11) is 4.01. The fourth-order valence-electron chi connectivity index (χ4n) is 2.93. The van der Waals surface area contributed by atoms with E-state index >= 15 is 0 Å². The largest absolute Gasteiger partial charge is 0.381 e. The second-order valence-corrected chi connectivity index (χ2v) is 6.11. The average Bonchev–Trinajstić information content (AvgIpc) is 2.49. The molecule has 3 nitrogen and oxygen atoms in total. The summed E-state index contributed by atoms with van der Waals surface area (Å²) < 4.78 is 19.3. The molecule has 1 heterocycles. The van der Waals surface area contributed by atoms with Crippen LogP contribution in [0, 0.1) is 18.7 Å². The van der Waals surface area contributed by atoms with Crippen molar-refractivity contribution < 1.29 is 9.13 Å². The summed E-state index contributed by atoms with van der Waals surface area (Å²) in [5, 5.41) is 3.21. The fraction of sp³-hybridized carbons (Fsp3) is 0.647. The highest BCUT2D eigenvalue weighted by Gasteiger charge is 2.20. The van der Waals surface area contributed by atoms with Crippen LogP contribution in [0.5, 0.6) is 0 Å². The lowest BCUT2D eigenvalue weighted by atomic mass is 9.97. The van der Waals surface area contributed by atoms with E-state index in [0.29, 0.717) is 11.5 Å². The lowest BCUT2D eigenvalue weighted by Crippen LogP contribution is -2.31. The lowest BCUT2D eigenvalue weighted by molar-refractivity contribution is 0.0685.